The molecule has 118 valence electrons. The molecule has 0 unspecified atom stereocenters. The molecule has 0 saturated heterocycles. The van der Waals surface area contributed by atoms with Crippen molar-refractivity contribution >= 4 is 22.6 Å². The van der Waals surface area contributed by atoms with Crippen LogP contribution in [0, 0.1) is 6.92 Å². The molecule has 0 amide bonds. The Balaban J connectivity index is 1.74. The summed E-state index contributed by atoms with van der Waals surface area (Å²) in [4.78, 5) is 11.7. The van der Waals surface area contributed by atoms with E-state index in [0.717, 1.165) is 29.5 Å². The molecule has 1 heterocycles. The molecule has 23 heavy (non-hydrogen) atoms. The van der Waals surface area contributed by atoms with E-state index in [9.17, 15) is 4.79 Å². The van der Waals surface area contributed by atoms with Crippen LogP contribution in [0.4, 0.5) is 0 Å². The Kier molecular flexibility index (Phi) is 4.79. The van der Waals surface area contributed by atoms with Gasteiger partial charge < -0.3 is 9.73 Å². The van der Waals surface area contributed by atoms with Crippen molar-refractivity contribution < 1.29 is 4.42 Å². The van der Waals surface area contributed by atoms with Crippen LogP contribution < -0.4 is 10.9 Å². The van der Waals surface area contributed by atoms with Gasteiger partial charge in [-0.25, -0.2) is 4.79 Å². The number of aryl methyl sites for hydroxylation is 1. The van der Waals surface area contributed by atoms with Crippen molar-refractivity contribution in [1.29, 1.82) is 0 Å². The highest BCUT2D eigenvalue weighted by Crippen LogP contribution is 2.25. The lowest BCUT2D eigenvalue weighted by molar-refractivity contribution is 0.556. The topological polar surface area (TPSA) is 42.2 Å². The van der Waals surface area contributed by atoms with Gasteiger partial charge in [0.15, 0.2) is 0 Å². The first-order chi connectivity index (χ1) is 11.1. The van der Waals surface area contributed by atoms with Crippen LogP contribution in [-0.4, -0.2) is 6.54 Å². The van der Waals surface area contributed by atoms with Crippen LogP contribution in [0.5, 0.6) is 0 Å². The zero-order chi connectivity index (χ0) is 16.2. The number of halogens is 1. The fourth-order valence-electron chi connectivity index (χ4n) is 2.59. The summed E-state index contributed by atoms with van der Waals surface area (Å²) in [5, 5.41) is 4.94. The number of rotatable bonds is 5. The van der Waals surface area contributed by atoms with Gasteiger partial charge in [0.25, 0.3) is 0 Å². The first kappa shape index (κ1) is 15.8. The standard InChI is InChI=1S/C19H18ClNO2/c1-13-9-18-16(11-17(13)20)15(10-19(22)23-18)12-21-8-7-14-5-3-2-4-6-14/h2-6,9-11,21H,7-8,12H2,1H3. The lowest BCUT2D eigenvalue weighted by atomic mass is 10.1. The predicted molar refractivity (Wildman–Crippen MR) is 94.1 cm³/mol. The summed E-state index contributed by atoms with van der Waals surface area (Å²) in [7, 11) is 0. The summed E-state index contributed by atoms with van der Waals surface area (Å²) in [5.41, 5.74) is 3.34. The minimum atomic E-state index is -0.334. The van der Waals surface area contributed by atoms with Crippen molar-refractivity contribution in [1.82, 2.24) is 5.32 Å². The molecule has 0 aliphatic heterocycles. The van der Waals surface area contributed by atoms with E-state index in [1.807, 2.05) is 37.3 Å². The van der Waals surface area contributed by atoms with Crippen molar-refractivity contribution in [3.63, 3.8) is 0 Å². The molecule has 3 rings (SSSR count). The highest BCUT2D eigenvalue weighted by Gasteiger charge is 2.08. The van der Waals surface area contributed by atoms with Gasteiger partial charge in [0.2, 0.25) is 0 Å². The Morgan fingerprint density at radius 3 is 2.70 bits per heavy atom. The van der Waals surface area contributed by atoms with Gasteiger partial charge in [0.05, 0.1) is 0 Å². The van der Waals surface area contributed by atoms with Crippen LogP contribution in [0.3, 0.4) is 0 Å². The van der Waals surface area contributed by atoms with E-state index in [4.69, 9.17) is 16.0 Å². The summed E-state index contributed by atoms with van der Waals surface area (Å²) in [5.74, 6) is 0. The highest BCUT2D eigenvalue weighted by atomic mass is 35.5. The van der Waals surface area contributed by atoms with Crippen LogP contribution in [-0.2, 0) is 13.0 Å². The molecule has 1 aromatic heterocycles. The minimum absolute atomic E-state index is 0.334. The highest BCUT2D eigenvalue weighted by molar-refractivity contribution is 6.32. The summed E-state index contributed by atoms with van der Waals surface area (Å²) >= 11 is 6.20. The molecule has 0 radical (unpaired) electrons. The van der Waals surface area contributed by atoms with Crippen LogP contribution >= 0.6 is 11.6 Å². The van der Waals surface area contributed by atoms with Gasteiger partial charge in [-0.05, 0) is 48.7 Å². The second-order valence-corrected chi connectivity index (χ2v) is 6.01. The van der Waals surface area contributed by atoms with Gasteiger partial charge >= 0.3 is 5.63 Å². The molecule has 3 aromatic rings. The summed E-state index contributed by atoms with van der Waals surface area (Å²) in [6, 6.07) is 15.5. The van der Waals surface area contributed by atoms with Gasteiger partial charge in [-0.2, -0.15) is 0 Å². The predicted octanol–water partition coefficient (Wildman–Crippen LogP) is 4.09. The van der Waals surface area contributed by atoms with Crippen molar-refractivity contribution in [3.05, 3.63) is 80.7 Å². The average Bonchev–Trinajstić information content (AvgIpc) is 2.54. The van der Waals surface area contributed by atoms with Gasteiger partial charge in [0.1, 0.15) is 5.58 Å². The third-order valence-electron chi connectivity index (χ3n) is 3.86. The molecule has 0 spiro atoms. The SMILES string of the molecule is Cc1cc2oc(=O)cc(CNCCc3ccccc3)c2cc1Cl. The Morgan fingerprint density at radius 1 is 1.13 bits per heavy atom. The number of hydrogen-bond donors (Lipinski definition) is 1. The maximum Gasteiger partial charge on any atom is 0.336 e. The fraction of sp³-hybridized carbons (Fsp3) is 0.211. The second-order valence-electron chi connectivity index (χ2n) is 5.60. The fourth-order valence-corrected chi connectivity index (χ4v) is 2.76. The Bertz CT molecular complexity index is 872. The first-order valence-corrected chi connectivity index (χ1v) is 7.99. The molecule has 0 bridgehead atoms. The van der Waals surface area contributed by atoms with E-state index in [0.29, 0.717) is 17.2 Å². The maximum atomic E-state index is 11.7. The van der Waals surface area contributed by atoms with E-state index in [2.05, 4.69) is 17.4 Å². The van der Waals surface area contributed by atoms with Gasteiger partial charge in [0, 0.05) is 23.0 Å². The quantitative estimate of drug-likeness (QED) is 0.567. The first-order valence-electron chi connectivity index (χ1n) is 7.61. The lowest BCUT2D eigenvalue weighted by Crippen LogP contribution is -2.18. The Hall–Kier alpha value is -2.10. The summed E-state index contributed by atoms with van der Waals surface area (Å²) < 4.78 is 5.27. The minimum Gasteiger partial charge on any atom is -0.423 e. The number of nitrogens with one attached hydrogen (secondary N) is 1. The molecule has 0 atom stereocenters. The van der Waals surface area contributed by atoms with Gasteiger partial charge in [-0.1, -0.05) is 41.9 Å². The van der Waals surface area contributed by atoms with Gasteiger partial charge in [-0.15, -0.1) is 0 Å². The number of benzene rings is 2. The van der Waals surface area contributed by atoms with Crippen LogP contribution in [0.15, 0.2) is 57.7 Å². The third kappa shape index (κ3) is 3.81. The largest absolute Gasteiger partial charge is 0.423 e. The van der Waals surface area contributed by atoms with Crippen LogP contribution in [0.1, 0.15) is 16.7 Å². The molecule has 0 saturated carbocycles. The maximum absolute atomic E-state index is 11.7. The van der Waals surface area contributed by atoms with Crippen molar-refractivity contribution in [2.45, 2.75) is 19.9 Å². The summed E-state index contributed by atoms with van der Waals surface area (Å²) in [6.07, 6.45) is 0.945. The van der Waals surface area contributed by atoms with E-state index in [1.165, 1.54) is 11.6 Å². The lowest BCUT2D eigenvalue weighted by Gasteiger charge is -2.09. The van der Waals surface area contributed by atoms with E-state index in [1.54, 1.807) is 0 Å². The molecule has 3 nitrogen and oxygen atoms in total. The normalized spacial score (nSPS) is 11.0. The van der Waals surface area contributed by atoms with Crippen LogP contribution in [0.2, 0.25) is 5.02 Å². The monoisotopic (exact) mass is 327 g/mol. The second kappa shape index (κ2) is 6.99. The Morgan fingerprint density at radius 2 is 1.91 bits per heavy atom. The summed E-state index contributed by atoms with van der Waals surface area (Å²) in [6.45, 7) is 3.34. The third-order valence-corrected chi connectivity index (χ3v) is 4.27. The van der Waals surface area contributed by atoms with Crippen molar-refractivity contribution in [3.8, 4) is 0 Å². The molecule has 0 aliphatic carbocycles. The van der Waals surface area contributed by atoms with Gasteiger partial charge in [-0.3, -0.25) is 0 Å². The van der Waals surface area contributed by atoms with Crippen molar-refractivity contribution in [2.75, 3.05) is 6.54 Å². The molecule has 1 N–H and O–H groups in total. The zero-order valence-electron chi connectivity index (χ0n) is 12.9. The Labute approximate surface area is 139 Å². The smallest absolute Gasteiger partial charge is 0.336 e. The van der Waals surface area contributed by atoms with Crippen molar-refractivity contribution in [2.24, 2.45) is 0 Å². The van der Waals surface area contributed by atoms with E-state index >= 15 is 0 Å². The molecule has 0 aliphatic rings. The van der Waals surface area contributed by atoms with E-state index in [-0.39, 0.29) is 5.63 Å². The van der Waals surface area contributed by atoms with Crippen LogP contribution in [0.25, 0.3) is 11.0 Å². The average molecular weight is 328 g/mol. The molecule has 0 fully saturated rings. The number of fused-ring (bicyclic) bond motifs is 1. The number of hydrogen-bond acceptors (Lipinski definition) is 3. The van der Waals surface area contributed by atoms with E-state index < -0.39 is 0 Å². The molecule has 2 aromatic carbocycles. The molecule has 4 heteroatoms. The molecular weight excluding hydrogens is 310 g/mol. The zero-order valence-corrected chi connectivity index (χ0v) is 13.7. The molecular formula is C19H18ClNO2.